The standard InChI is InChI=1S/C9H16O5.C4H2O3/c1-7(8(13)14)2-3-9(4-10,5-11)6-12;5-3-1-2-4(6)7-3/h2,10-12H,3-6H2,1H3,(H,13,14);1-2H. The number of carboxylic acids is 1. The van der Waals surface area contributed by atoms with Crippen LogP contribution in [0.3, 0.4) is 0 Å². The van der Waals surface area contributed by atoms with Crippen LogP contribution in [0.15, 0.2) is 23.8 Å². The molecule has 0 bridgehead atoms. The summed E-state index contributed by atoms with van der Waals surface area (Å²) in [5, 5.41) is 35.3. The lowest BCUT2D eigenvalue weighted by Crippen LogP contribution is -2.33. The molecule has 118 valence electrons. The lowest BCUT2D eigenvalue weighted by Gasteiger charge is -2.25. The molecule has 21 heavy (non-hydrogen) atoms. The Balaban J connectivity index is 0.000000471. The van der Waals surface area contributed by atoms with Gasteiger partial charge in [-0.15, -0.1) is 0 Å². The molecule has 0 amide bonds. The smallest absolute Gasteiger partial charge is 0.338 e. The lowest BCUT2D eigenvalue weighted by atomic mass is 9.86. The largest absolute Gasteiger partial charge is 0.478 e. The third-order valence-corrected chi connectivity index (χ3v) is 2.74. The van der Waals surface area contributed by atoms with Crippen molar-refractivity contribution in [2.75, 3.05) is 19.8 Å². The van der Waals surface area contributed by atoms with Crippen LogP contribution in [-0.2, 0) is 19.1 Å². The van der Waals surface area contributed by atoms with Crippen LogP contribution < -0.4 is 0 Å². The number of carboxylic acid groups (broad SMARTS) is 1. The first kappa shape index (κ1) is 19.0. The molecular formula is C13H18O8. The zero-order valence-electron chi connectivity index (χ0n) is 11.5. The first-order chi connectivity index (χ1) is 9.80. The SMILES string of the molecule is CC(=CCC(CO)(CO)CO)C(=O)O.O=C1C=CC(=O)O1. The van der Waals surface area contributed by atoms with Crippen molar-refractivity contribution in [3.05, 3.63) is 23.8 Å². The van der Waals surface area contributed by atoms with E-state index in [0.717, 1.165) is 12.2 Å². The number of aliphatic hydroxyl groups is 3. The molecule has 1 rings (SSSR count). The second kappa shape index (κ2) is 9.01. The van der Waals surface area contributed by atoms with Gasteiger partial charge in [0, 0.05) is 23.1 Å². The highest BCUT2D eigenvalue weighted by Crippen LogP contribution is 2.21. The number of rotatable bonds is 6. The molecule has 0 saturated carbocycles. The van der Waals surface area contributed by atoms with Crippen molar-refractivity contribution in [3.8, 4) is 0 Å². The maximum Gasteiger partial charge on any atom is 0.338 e. The molecule has 0 atom stereocenters. The number of cyclic esters (lactones) is 2. The van der Waals surface area contributed by atoms with Crippen molar-refractivity contribution < 1.29 is 39.5 Å². The summed E-state index contributed by atoms with van der Waals surface area (Å²) in [4.78, 5) is 30.3. The first-order valence-corrected chi connectivity index (χ1v) is 5.96. The maximum absolute atomic E-state index is 10.4. The number of ether oxygens (including phenoxy) is 1. The topological polar surface area (TPSA) is 141 Å². The Morgan fingerprint density at radius 2 is 1.57 bits per heavy atom. The van der Waals surface area contributed by atoms with Gasteiger partial charge >= 0.3 is 17.9 Å². The summed E-state index contributed by atoms with van der Waals surface area (Å²) in [7, 11) is 0. The molecule has 8 heteroatoms. The number of hydrogen-bond donors (Lipinski definition) is 4. The van der Waals surface area contributed by atoms with E-state index in [1.807, 2.05) is 0 Å². The van der Waals surface area contributed by atoms with Crippen LogP contribution in [0.4, 0.5) is 0 Å². The van der Waals surface area contributed by atoms with Crippen molar-refractivity contribution in [3.63, 3.8) is 0 Å². The molecule has 0 aromatic rings. The van der Waals surface area contributed by atoms with Gasteiger partial charge in [0.1, 0.15) is 0 Å². The third-order valence-electron chi connectivity index (χ3n) is 2.74. The molecule has 1 aliphatic rings. The van der Waals surface area contributed by atoms with Crippen LogP contribution in [0.5, 0.6) is 0 Å². The number of aliphatic hydroxyl groups excluding tert-OH is 3. The van der Waals surface area contributed by atoms with Gasteiger partial charge in [-0.05, 0) is 13.3 Å². The molecule has 1 aliphatic heterocycles. The van der Waals surface area contributed by atoms with Gasteiger partial charge in [0.15, 0.2) is 0 Å². The van der Waals surface area contributed by atoms with Crippen LogP contribution in [-0.4, -0.2) is 58.2 Å². The Hall–Kier alpha value is -2.03. The van der Waals surface area contributed by atoms with Gasteiger partial charge < -0.3 is 25.2 Å². The molecule has 0 aromatic heterocycles. The maximum atomic E-state index is 10.4. The Kier molecular flexibility index (Phi) is 8.14. The second-order valence-corrected chi connectivity index (χ2v) is 4.44. The van der Waals surface area contributed by atoms with Crippen LogP contribution in [0, 0.1) is 5.41 Å². The molecule has 1 heterocycles. The Bertz CT molecular complexity index is 421. The first-order valence-electron chi connectivity index (χ1n) is 5.96. The fraction of sp³-hybridized carbons (Fsp3) is 0.462. The van der Waals surface area contributed by atoms with Crippen LogP contribution >= 0.6 is 0 Å². The quantitative estimate of drug-likeness (QED) is 0.278. The summed E-state index contributed by atoms with van der Waals surface area (Å²) >= 11 is 0. The highest BCUT2D eigenvalue weighted by Gasteiger charge is 2.26. The predicted molar refractivity (Wildman–Crippen MR) is 69.9 cm³/mol. The van der Waals surface area contributed by atoms with E-state index in [1.165, 1.54) is 13.0 Å². The van der Waals surface area contributed by atoms with Crippen LogP contribution in [0.2, 0.25) is 0 Å². The van der Waals surface area contributed by atoms with E-state index in [1.54, 1.807) is 0 Å². The van der Waals surface area contributed by atoms with Gasteiger partial charge in [0.05, 0.1) is 19.8 Å². The molecule has 0 aromatic carbocycles. The normalized spacial score (nSPS) is 14.6. The number of hydrogen-bond acceptors (Lipinski definition) is 7. The number of aliphatic carboxylic acids is 1. The van der Waals surface area contributed by atoms with Crippen molar-refractivity contribution in [1.82, 2.24) is 0 Å². The van der Waals surface area contributed by atoms with Gasteiger partial charge in [-0.25, -0.2) is 14.4 Å². The minimum Gasteiger partial charge on any atom is -0.478 e. The lowest BCUT2D eigenvalue weighted by molar-refractivity contribution is -0.150. The second-order valence-electron chi connectivity index (χ2n) is 4.44. The summed E-state index contributed by atoms with van der Waals surface area (Å²) < 4.78 is 3.97. The number of carbonyl (C=O) groups excluding carboxylic acids is 2. The van der Waals surface area contributed by atoms with Gasteiger partial charge in [-0.1, -0.05) is 6.08 Å². The molecule has 0 fully saturated rings. The molecular weight excluding hydrogens is 284 g/mol. The van der Waals surface area contributed by atoms with Gasteiger partial charge in [0.25, 0.3) is 0 Å². The fourth-order valence-corrected chi connectivity index (χ4v) is 1.10. The Morgan fingerprint density at radius 3 is 1.81 bits per heavy atom. The summed E-state index contributed by atoms with van der Waals surface area (Å²) in [6.07, 6.45) is 3.68. The molecule has 0 spiro atoms. The number of esters is 2. The van der Waals surface area contributed by atoms with Crippen molar-refractivity contribution in [2.45, 2.75) is 13.3 Å². The van der Waals surface area contributed by atoms with Crippen molar-refractivity contribution in [2.24, 2.45) is 5.41 Å². The monoisotopic (exact) mass is 302 g/mol. The average molecular weight is 302 g/mol. The number of carbonyl (C=O) groups is 3. The molecule has 0 saturated heterocycles. The van der Waals surface area contributed by atoms with Gasteiger partial charge in [-0.2, -0.15) is 0 Å². The molecule has 0 radical (unpaired) electrons. The highest BCUT2D eigenvalue weighted by molar-refractivity contribution is 6.04. The van der Waals surface area contributed by atoms with E-state index in [9.17, 15) is 14.4 Å². The van der Waals surface area contributed by atoms with Gasteiger partial charge in [0.2, 0.25) is 0 Å². The van der Waals surface area contributed by atoms with E-state index in [4.69, 9.17) is 20.4 Å². The van der Waals surface area contributed by atoms with E-state index in [2.05, 4.69) is 4.74 Å². The molecule has 4 N–H and O–H groups in total. The van der Waals surface area contributed by atoms with Crippen LogP contribution in [0.1, 0.15) is 13.3 Å². The summed E-state index contributed by atoms with van der Waals surface area (Å²) in [6, 6.07) is 0. The summed E-state index contributed by atoms with van der Waals surface area (Å²) in [6.45, 7) is 0.259. The zero-order chi connectivity index (χ0) is 16.5. The number of allylic oxidation sites excluding steroid dienone is 1. The van der Waals surface area contributed by atoms with E-state index in [0.29, 0.717) is 0 Å². The van der Waals surface area contributed by atoms with E-state index >= 15 is 0 Å². The van der Waals surface area contributed by atoms with Crippen LogP contribution in [0.25, 0.3) is 0 Å². The highest BCUT2D eigenvalue weighted by atomic mass is 16.6. The predicted octanol–water partition coefficient (Wildman–Crippen LogP) is -1.00. The molecule has 0 unspecified atom stereocenters. The minimum absolute atomic E-state index is 0.129. The van der Waals surface area contributed by atoms with Gasteiger partial charge in [-0.3, -0.25) is 0 Å². The molecule has 0 aliphatic carbocycles. The summed E-state index contributed by atoms with van der Waals surface area (Å²) in [5.41, 5.74) is -0.902. The average Bonchev–Trinajstić information content (AvgIpc) is 2.84. The Labute approximate surface area is 121 Å². The third kappa shape index (κ3) is 6.80. The van der Waals surface area contributed by atoms with E-state index < -0.39 is 23.3 Å². The Morgan fingerprint density at radius 1 is 1.14 bits per heavy atom. The summed E-state index contributed by atoms with van der Waals surface area (Å²) in [5.74, 6) is -2.21. The molecule has 8 nitrogen and oxygen atoms in total. The fourth-order valence-electron chi connectivity index (χ4n) is 1.10. The van der Waals surface area contributed by atoms with E-state index in [-0.39, 0.29) is 31.8 Å². The zero-order valence-corrected chi connectivity index (χ0v) is 11.5. The van der Waals surface area contributed by atoms with Crippen molar-refractivity contribution in [1.29, 1.82) is 0 Å². The van der Waals surface area contributed by atoms with Crippen molar-refractivity contribution >= 4 is 17.9 Å². The minimum atomic E-state index is -1.05.